The average Bonchev–Trinajstić information content (AvgIpc) is 3.19. The number of carbonyl (C=O) groups excluding carboxylic acids is 1. The number of nitrogens with zero attached hydrogens (tertiary/aromatic N) is 4. The molecule has 9 heteroatoms. The van der Waals surface area contributed by atoms with Gasteiger partial charge in [-0.15, -0.1) is 0 Å². The van der Waals surface area contributed by atoms with E-state index in [1.54, 1.807) is 38.1 Å². The lowest BCUT2D eigenvalue weighted by molar-refractivity contribution is 0.0389. The Bertz CT molecular complexity index is 1170. The van der Waals surface area contributed by atoms with Crippen molar-refractivity contribution in [1.82, 2.24) is 19.7 Å². The van der Waals surface area contributed by atoms with Crippen molar-refractivity contribution >= 4 is 28.1 Å². The summed E-state index contributed by atoms with van der Waals surface area (Å²) in [5.74, 6) is -0.728. The number of benzene rings is 1. The Hall–Kier alpha value is -3.36. The second-order valence-corrected chi connectivity index (χ2v) is 6.00. The van der Waals surface area contributed by atoms with E-state index in [2.05, 4.69) is 15.1 Å². The third-order valence-electron chi connectivity index (χ3n) is 4.16. The van der Waals surface area contributed by atoms with Crippen LogP contribution in [0.1, 0.15) is 34.1 Å². The molecular weight excluding hydrogens is 358 g/mol. The van der Waals surface area contributed by atoms with Crippen molar-refractivity contribution in [1.29, 1.82) is 0 Å². The molecule has 0 unspecified atom stereocenters. The summed E-state index contributed by atoms with van der Waals surface area (Å²) < 4.78 is 38.0. The second-order valence-electron chi connectivity index (χ2n) is 6.00. The summed E-state index contributed by atoms with van der Waals surface area (Å²) in [7, 11) is 0. The van der Waals surface area contributed by atoms with Crippen molar-refractivity contribution in [2.75, 3.05) is 0 Å². The minimum absolute atomic E-state index is 0.0383. The number of esters is 1. The number of para-hydroxylation sites is 2. The molecule has 0 aliphatic heterocycles. The van der Waals surface area contributed by atoms with Crippen LogP contribution in [0.25, 0.3) is 22.1 Å². The van der Waals surface area contributed by atoms with Crippen LogP contribution in [0.4, 0.5) is 8.78 Å². The third kappa shape index (κ3) is 2.90. The molecule has 0 bridgehead atoms. The number of hydrogen-bond acceptors (Lipinski definition) is 6. The van der Waals surface area contributed by atoms with Gasteiger partial charge in [-0.2, -0.15) is 8.78 Å². The molecule has 0 aliphatic rings. The summed E-state index contributed by atoms with van der Waals surface area (Å²) in [5.41, 5.74) is 2.15. The van der Waals surface area contributed by atoms with Crippen molar-refractivity contribution in [3.63, 3.8) is 0 Å². The molecule has 0 atom stereocenters. The van der Waals surface area contributed by atoms with E-state index in [-0.39, 0.29) is 22.6 Å². The van der Waals surface area contributed by atoms with E-state index in [9.17, 15) is 13.6 Å². The van der Waals surface area contributed by atoms with Crippen molar-refractivity contribution in [3.8, 4) is 0 Å². The van der Waals surface area contributed by atoms with Crippen LogP contribution in [0.2, 0.25) is 0 Å². The Kier molecular flexibility index (Phi) is 4.06. The fourth-order valence-corrected chi connectivity index (χ4v) is 3.00. The van der Waals surface area contributed by atoms with Crippen molar-refractivity contribution in [2.24, 2.45) is 0 Å². The third-order valence-corrected chi connectivity index (χ3v) is 4.16. The quantitative estimate of drug-likeness (QED) is 0.505. The van der Waals surface area contributed by atoms with Gasteiger partial charge >= 0.3 is 12.5 Å². The number of fused-ring (bicyclic) bond motifs is 2. The number of rotatable bonds is 4. The molecule has 3 heterocycles. The fourth-order valence-electron chi connectivity index (χ4n) is 3.00. The summed E-state index contributed by atoms with van der Waals surface area (Å²) in [6.07, 6.45) is 0. The molecule has 138 valence electrons. The Morgan fingerprint density at radius 3 is 2.81 bits per heavy atom. The maximum atomic E-state index is 13.5. The maximum Gasteiger partial charge on any atom is 0.339 e. The second kappa shape index (κ2) is 6.42. The van der Waals surface area contributed by atoms with Gasteiger partial charge in [-0.25, -0.2) is 14.8 Å². The van der Waals surface area contributed by atoms with E-state index >= 15 is 0 Å². The molecule has 0 aliphatic carbocycles. The van der Waals surface area contributed by atoms with Crippen LogP contribution in [0, 0.1) is 13.8 Å². The van der Waals surface area contributed by atoms with Crippen molar-refractivity contribution < 1.29 is 22.8 Å². The number of halogens is 2. The SMILES string of the molecule is Cc1cc(C(=O)OCc2nc3ccccc3n2C(F)F)c2c(C)noc2n1. The maximum absolute atomic E-state index is 13.5. The molecule has 0 spiro atoms. The molecule has 1 aromatic carbocycles. The number of ether oxygens (including phenoxy) is 1. The van der Waals surface area contributed by atoms with Crippen LogP contribution >= 0.6 is 0 Å². The van der Waals surface area contributed by atoms with Gasteiger partial charge in [-0.05, 0) is 32.0 Å². The number of aromatic nitrogens is 4. The molecule has 3 aromatic heterocycles. The van der Waals surface area contributed by atoms with E-state index in [0.29, 0.717) is 22.3 Å². The highest BCUT2D eigenvalue weighted by molar-refractivity contribution is 6.03. The monoisotopic (exact) mass is 372 g/mol. The Balaban J connectivity index is 1.67. The van der Waals surface area contributed by atoms with Crippen LogP contribution in [0.3, 0.4) is 0 Å². The molecule has 0 radical (unpaired) electrons. The number of carbonyl (C=O) groups is 1. The van der Waals surface area contributed by atoms with Gasteiger partial charge in [0, 0.05) is 5.69 Å². The predicted molar refractivity (Wildman–Crippen MR) is 91.4 cm³/mol. The Morgan fingerprint density at radius 2 is 2.04 bits per heavy atom. The summed E-state index contributed by atoms with van der Waals surface area (Å²) >= 11 is 0. The Labute approximate surface area is 151 Å². The van der Waals surface area contributed by atoms with Gasteiger partial charge < -0.3 is 9.26 Å². The molecule has 0 saturated carbocycles. The first-order chi connectivity index (χ1) is 13.0. The van der Waals surface area contributed by atoms with Gasteiger partial charge in [0.15, 0.2) is 5.82 Å². The average molecular weight is 372 g/mol. The minimum atomic E-state index is -2.80. The van der Waals surface area contributed by atoms with Crippen LogP contribution in [0.5, 0.6) is 0 Å². The largest absolute Gasteiger partial charge is 0.454 e. The van der Waals surface area contributed by atoms with Crippen LogP contribution in [-0.4, -0.2) is 25.7 Å². The molecule has 0 amide bonds. The fraction of sp³-hybridized carbons (Fsp3) is 0.222. The van der Waals surface area contributed by atoms with E-state index < -0.39 is 19.1 Å². The van der Waals surface area contributed by atoms with E-state index in [0.717, 1.165) is 4.57 Å². The normalized spacial score (nSPS) is 11.6. The highest BCUT2D eigenvalue weighted by Gasteiger charge is 2.22. The first kappa shape index (κ1) is 17.1. The van der Waals surface area contributed by atoms with Gasteiger partial charge in [-0.3, -0.25) is 4.57 Å². The van der Waals surface area contributed by atoms with Crippen LogP contribution < -0.4 is 0 Å². The van der Waals surface area contributed by atoms with Crippen molar-refractivity contribution in [2.45, 2.75) is 27.0 Å². The van der Waals surface area contributed by atoms with Crippen LogP contribution in [-0.2, 0) is 11.3 Å². The zero-order chi connectivity index (χ0) is 19.1. The summed E-state index contributed by atoms with van der Waals surface area (Å²) in [6, 6.07) is 8.05. The molecule has 0 N–H and O–H groups in total. The first-order valence-corrected chi connectivity index (χ1v) is 8.10. The van der Waals surface area contributed by atoms with E-state index in [1.807, 2.05) is 0 Å². The minimum Gasteiger partial charge on any atom is -0.454 e. The molecule has 27 heavy (non-hydrogen) atoms. The Morgan fingerprint density at radius 1 is 1.26 bits per heavy atom. The smallest absolute Gasteiger partial charge is 0.339 e. The highest BCUT2D eigenvalue weighted by Crippen LogP contribution is 2.25. The zero-order valence-electron chi connectivity index (χ0n) is 14.4. The molecular formula is C18H14F2N4O3. The van der Waals surface area contributed by atoms with Crippen molar-refractivity contribution in [3.05, 3.63) is 53.1 Å². The lowest BCUT2D eigenvalue weighted by atomic mass is 10.1. The lowest BCUT2D eigenvalue weighted by Gasteiger charge is -2.09. The van der Waals surface area contributed by atoms with Gasteiger partial charge in [0.2, 0.25) is 0 Å². The topological polar surface area (TPSA) is 83.0 Å². The summed E-state index contributed by atoms with van der Waals surface area (Å²) in [5, 5.41) is 4.24. The van der Waals surface area contributed by atoms with Gasteiger partial charge in [0.05, 0.1) is 27.7 Å². The first-order valence-electron chi connectivity index (χ1n) is 8.10. The predicted octanol–water partition coefficient (Wildman–Crippen LogP) is 3.94. The lowest BCUT2D eigenvalue weighted by Crippen LogP contribution is -2.11. The van der Waals surface area contributed by atoms with E-state index in [1.165, 1.54) is 6.07 Å². The highest BCUT2D eigenvalue weighted by atomic mass is 19.3. The van der Waals surface area contributed by atoms with Gasteiger partial charge in [0.25, 0.3) is 5.71 Å². The number of pyridine rings is 1. The van der Waals surface area contributed by atoms with E-state index in [4.69, 9.17) is 9.26 Å². The number of hydrogen-bond donors (Lipinski definition) is 0. The number of imidazole rings is 1. The van der Waals surface area contributed by atoms with Gasteiger partial charge in [-0.1, -0.05) is 17.3 Å². The molecule has 4 aromatic rings. The number of alkyl halides is 2. The number of aryl methyl sites for hydroxylation is 2. The molecule has 7 nitrogen and oxygen atoms in total. The molecule has 0 saturated heterocycles. The summed E-state index contributed by atoms with van der Waals surface area (Å²) in [6.45, 7) is 0.173. The van der Waals surface area contributed by atoms with Crippen LogP contribution in [0.15, 0.2) is 34.9 Å². The summed E-state index contributed by atoms with van der Waals surface area (Å²) in [4.78, 5) is 20.9. The molecule has 4 rings (SSSR count). The zero-order valence-corrected chi connectivity index (χ0v) is 14.4. The van der Waals surface area contributed by atoms with Gasteiger partial charge in [0.1, 0.15) is 6.61 Å². The standard InChI is InChI=1S/C18H14F2N4O3/c1-9-7-11(15-10(2)23-27-16(15)21-9)17(25)26-8-14-22-12-5-3-4-6-13(12)24(14)18(19)20/h3-7,18H,8H2,1-2H3. The molecule has 0 fully saturated rings.